The summed E-state index contributed by atoms with van der Waals surface area (Å²) in [5, 5.41) is 0. The Bertz CT molecular complexity index is 375. The van der Waals surface area contributed by atoms with Crippen LogP contribution in [0.1, 0.15) is 13.8 Å². The van der Waals surface area contributed by atoms with Gasteiger partial charge in [-0.05, 0) is 0 Å². The minimum Gasteiger partial charge on any atom is -0.458 e. The van der Waals surface area contributed by atoms with E-state index < -0.39 is 28.3 Å². The van der Waals surface area contributed by atoms with Gasteiger partial charge in [-0.3, -0.25) is 9.59 Å². The lowest BCUT2D eigenvalue weighted by atomic mass is 10.3. The highest BCUT2D eigenvalue weighted by Gasteiger charge is 2.35. The molecule has 1 saturated heterocycles. The van der Waals surface area contributed by atoms with E-state index in [1.807, 2.05) is 0 Å². The Kier molecular flexibility index (Phi) is 3.30. The number of hydrogen-bond donors (Lipinski definition) is 0. The van der Waals surface area contributed by atoms with Gasteiger partial charge in [-0.25, -0.2) is 8.49 Å². The molecule has 1 heterocycles. The number of hydrogen-bond acceptors (Lipinski definition) is 6. The van der Waals surface area contributed by atoms with Crippen LogP contribution in [-0.2, 0) is 28.8 Å². The zero-order valence-corrected chi connectivity index (χ0v) is 9.11. The monoisotopic (exact) mass is 237 g/mol. The zero-order chi connectivity index (χ0) is 11.6. The van der Waals surface area contributed by atoms with Crippen LogP contribution in [0.4, 0.5) is 0 Å². The van der Waals surface area contributed by atoms with Crippen molar-refractivity contribution in [1.82, 2.24) is 4.31 Å². The highest BCUT2D eigenvalue weighted by molar-refractivity contribution is 7.84. The Hall–Kier alpha value is -1.15. The van der Waals surface area contributed by atoms with Crippen LogP contribution in [0.5, 0.6) is 0 Å². The molecule has 1 aliphatic heterocycles. The number of nitrogens with zero attached hydrogens (tertiary/aromatic N) is 1. The lowest BCUT2D eigenvalue weighted by molar-refractivity contribution is -0.151. The van der Waals surface area contributed by atoms with Gasteiger partial charge in [0.05, 0.1) is 6.54 Å². The third-order valence-corrected chi connectivity index (χ3v) is 3.11. The van der Waals surface area contributed by atoms with Crippen molar-refractivity contribution in [3.05, 3.63) is 0 Å². The van der Waals surface area contributed by atoms with E-state index in [2.05, 4.69) is 4.18 Å². The van der Waals surface area contributed by atoms with Gasteiger partial charge in [0, 0.05) is 13.8 Å². The number of esters is 1. The van der Waals surface area contributed by atoms with E-state index in [4.69, 9.17) is 4.74 Å². The molecule has 1 amide bonds. The predicted octanol–water partition coefficient (Wildman–Crippen LogP) is -0.958. The molecule has 86 valence electrons. The van der Waals surface area contributed by atoms with Crippen molar-refractivity contribution in [3.8, 4) is 0 Å². The molecule has 15 heavy (non-hydrogen) atoms. The fraction of sp³-hybridized carbons (Fsp3) is 0.714. The minimum absolute atomic E-state index is 0.197. The third-order valence-electron chi connectivity index (χ3n) is 1.73. The standard InChI is InChI=1S/C7H11NO6S/c1-5(9)8-3-7(14-6(2)10)4-13-15(8,11)12/h7H,3-4H2,1-2H3/t7-/m0/s1. The minimum atomic E-state index is -4.00. The fourth-order valence-electron chi connectivity index (χ4n) is 1.15. The molecular weight excluding hydrogens is 226 g/mol. The zero-order valence-electron chi connectivity index (χ0n) is 8.30. The summed E-state index contributed by atoms with van der Waals surface area (Å²) in [6.45, 7) is 1.83. The summed E-state index contributed by atoms with van der Waals surface area (Å²) < 4.78 is 32.1. The molecule has 0 bridgehead atoms. The van der Waals surface area contributed by atoms with E-state index in [9.17, 15) is 18.0 Å². The molecule has 0 radical (unpaired) electrons. The first-order valence-corrected chi connectivity index (χ1v) is 5.54. The van der Waals surface area contributed by atoms with E-state index in [1.54, 1.807) is 0 Å². The van der Waals surface area contributed by atoms with Crippen molar-refractivity contribution in [1.29, 1.82) is 0 Å². The van der Waals surface area contributed by atoms with Gasteiger partial charge in [0.1, 0.15) is 12.7 Å². The molecule has 1 fully saturated rings. The average molecular weight is 237 g/mol. The summed E-state index contributed by atoms with van der Waals surface area (Å²) in [5.41, 5.74) is 0. The summed E-state index contributed by atoms with van der Waals surface area (Å²) in [4.78, 5) is 21.6. The Labute approximate surface area is 87.2 Å². The fourth-order valence-corrected chi connectivity index (χ4v) is 2.26. The van der Waals surface area contributed by atoms with Crippen molar-refractivity contribution < 1.29 is 26.9 Å². The SMILES string of the molecule is CC(=O)O[C@@H]1COS(=O)(=O)N(C(C)=O)C1. The molecule has 0 unspecified atom stereocenters. The number of amides is 1. The molecule has 8 heteroatoms. The van der Waals surface area contributed by atoms with Crippen LogP contribution in [0.3, 0.4) is 0 Å². The van der Waals surface area contributed by atoms with E-state index in [0.717, 1.165) is 6.92 Å². The smallest absolute Gasteiger partial charge is 0.364 e. The molecule has 0 aromatic carbocycles. The van der Waals surface area contributed by atoms with Gasteiger partial charge in [0.15, 0.2) is 0 Å². The number of rotatable bonds is 1. The molecule has 1 atom stereocenters. The summed E-state index contributed by atoms with van der Waals surface area (Å²) in [5.74, 6) is -1.22. The maximum Gasteiger partial charge on any atom is 0.364 e. The second-order valence-corrected chi connectivity index (χ2v) is 4.56. The topological polar surface area (TPSA) is 90.0 Å². The van der Waals surface area contributed by atoms with Crippen LogP contribution < -0.4 is 0 Å². The van der Waals surface area contributed by atoms with E-state index in [1.165, 1.54) is 6.92 Å². The Morgan fingerprint density at radius 2 is 2.00 bits per heavy atom. The van der Waals surface area contributed by atoms with Crippen LogP contribution >= 0.6 is 0 Å². The van der Waals surface area contributed by atoms with Crippen LogP contribution in [-0.4, -0.2) is 43.9 Å². The molecule has 0 aliphatic carbocycles. The molecule has 0 N–H and O–H groups in total. The Balaban J connectivity index is 2.75. The van der Waals surface area contributed by atoms with Gasteiger partial charge in [-0.2, -0.15) is 8.42 Å². The third kappa shape index (κ3) is 2.90. The van der Waals surface area contributed by atoms with Crippen molar-refractivity contribution in [2.24, 2.45) is 0 Å². The average Bonchev–Trinajstić information content (AvgIpc) is 2.06. The van der Waals surface area contributed by atoms with Crippen LogP contribution in [0.25, 0.3) is 0 Å². The lowest BCUT2D eigenvalue weighted by Gasteiger charge is -2.29. The van der Waals surface area contributed by atoms with Crippen LogP contribution in [0.15, 0.2) is 0 Å². The molecule has 0 saturated carbocycles. The normalized spacial score (nSPS) is 24.7. The van der Waals surface area contributed by atoms with Crippen molar-refractivity contribution in [2.75, 3.05) is 13.2 Å². The summed E-state index contributed by atoms with van der Waals surface area (Å²) in [7, 11) is -4.00. The molecule has 7 nitrogen and oxygen atoms in total. The molecule has 0 spiro atoms. The largest absolute Gasteiger partial charge is 0.458 e. The lowest BCUT2D eigenvalue weighted by Crippen LogP contribution is -2.49. The number of ether oxygens (including phenoxy) is 1. The Morgan fingerprint density at radius 3 is 2.47 bits per heavy atom. The first-order chi connectivity index (χ1) is 6.83. The maximum absolute atomic E-state index is 11.2. The first kappa shape index (κ1) is 11.9. The molecule has 1 aliphatic rings. The molecular formula is C7H11NO6S. The number of carbonyl (C=O) groups is 2. The van der Waals surface area contributed by atoms with Gasteiger partial charge in [0.2, 0.25) is 5.91 Å². The molecule has 0 aromatic heterocycles. The van der Waals surface area contributed by atoms with Gasteiger partial charge in [-0.1, -0.05) is 0 Å². The van der Waals surface area contributed by atoms with Gasteiger partial charge in [0.25, 0.3) is 0 Å². The summed E-state index contributed by atoms with van der Waals surface area (Å²) >= 11 is 0. The molecule has 1 rings (SSSR count). The second kappa shape index (κ2) is 4.15. The highest BCUT2D eigenvalue weighted by atomic mass is 32.2. The van der Waals surface area contributed by atoms with Crippen molar-refractivity contribution in [2.45, 2.75) is 20.0 Å². The van der Waals surface area contributed by atoms with E-state index in [-0.39, 0.29) is 13.2 Å². The van der Waals surface area contributed by atoms with E-state index >= 15 is 0 Å². The Morgan fingerprint density at radius 1 is 1.40 bits per heavy atom. The van der Waals surface area contributed by atoms with Crippen molar-refractivity contribution >= 4 is 22.2 Å². The van der Waals surface area contributed by atoms with Gasteiger partial charge < -0.3 is 4.74 Å². The molecule has 0 aromatic rings. The van der Waals surface area contributed by atoms with Gasteiger partial charge >= 0.3 is 16.3 Å². The van der Waals surface area contributed by atoms with Crippen molar-refractivity contribution in [3.63, 3.8) is 0 Å². The highest BCUT2D eigenvalue weighted by Crippen LogP contribution is 2.14. The number of carbonyl (C=O) groups excluding carboxylic acids is 2. The van der Waals surface area contributed by atoms with Crippen LogP contribution in [0, 0.1) is 0 Å². The van der Waals surface area contributed by atoms with Crippen LogP contribution in [0.2, 0.25) is 0 Å². The summed E-state index contributed by atoms with van der Waals surface area (Å²) in [6, 6.07) is 0. The van der Waals surface area contributed by atoms with Gasteiger partial charge in [-0.15, -0.1) is 0 Å². The van der Waals surface area contributed by atoms with E-state index in [0.29, 0.717) is 4.31 Å². The maximum atomic E-state index is 11.2. The quantitative estimate of drug-likeness (QED) is 0.546. The second-order valence-electron chi connectivity index (χ2n) is 3.02. The summed E-state index contributed by atoms with van der Waals surface area (Å²) in [6.07, 6.45) is -0.741. The first-order valence-electron chi connectivity index (χ1n) is 4.18. The predicted molar refractivity (Wildman–Crippen MR) is 47.8 cm³/mol.